The van der Waals surface area contributed by atoms with Gasteiger partial charge in [0.2, 0.25) is 0 Å². The maximum absolute atomic E-state index is 6.02. The van der Waals surface area contributed by atoms with Crippen LogP contribution in [0, 0.1) is 0 Å². The first-order chi connectivity index (χ1) is 12.8. The molecule has 4 nitrogen and oxygen atoms in total. The summed E-state index contributed by atoms with van der Waals surface area (Å²) in [5.74, 6) is 0.991. The third-order valence-corrected chi connectivity index (χ3v) is 5.88. The molecule has 1 aromatic rings. The number of ether oxygens (including phenoxy) is 2. The highest BCUT2D eigenvalue weighted by Crippen LogP contribution is 2.19. The normalized spacial score (nSPS) is 20.2. The molecule has 0 atom stereocenters. The molecule has 2 fully saturated rings. The fraction of sp³-hybridized carbons (Fsp3) is 0.727. The van der Waals surface area contributed by atoms with Crippen molar-refractivity contribution in [2.45, 2.75) is 70.0 Å². The summed E-state index contributed by atoms with van der Waals surface area (Å²) in [4.78, 5) is 2.42. The average molecular weight is 361 g/mol. The van der Waals surface area contributed by atoms with Gasteiger partial charge in [-0.2, -0.15) is 0 Å². The summed E-state index contributed by atoms with van der Waals surface area (Å²) in [5, 5.41) is 3.75. The molecule has 1 heterocycles. The summed E-state index contributed by atoms with van der Waals surface area (Å²) < 4.78 is 11.5. The van der Waals surface area contributed by atoms with Gasteiger partial charge in [-0.1, -0.05) is 37.8 Å². The largest absolute Gasteiger partial charge is 0.492 e. The number of hydrogen-bond donors (Lipinski definition) is 1. The molecule has 0 spiro atoms. The lowest BCUT2D eigenvalue weighted by Crippen LogP contribution is -2.38. The Hall–Kier alpha value is -1.10. The van der Waals surface area contributed by atoms with Crippen LogP contribution in [0.25, 0.3) is 0 Å². The van der Waals surface area contributed by atoms with Gasteiger partial charge in [-0.05, 0) is 50.4 Å². The highest BCUT2D eigenvalue weighted by atomic mass is 16.5. The molecule has 1 saturated carbocycles. The molecule has 4 heteroatoms. The van der Waals surface area contributed by atoms with Crippen LogP contribution in [-0.4, -0.2) is 50.4 Å². The van der Waals surface area contributed by atoms with E-state index in [1.54, 1.807) is 0 Å². The van der Waals surface area contributed by atoms with E-state index in [1.807, 2.05) is 0 Å². The van der Waals surface area contributed by atoms with Gasteiger partial charge >= 0.3 is 0 Å². The van der Waals surface area contributed by atoms with E-state index in [9.17, 15) is 0 Å². The van der Waals surface area contributed by atoms with Crippen molar-refractivity contribution in [3.8, 4) is 5.75 Å². The molecular weight excluding hydrogens is 324 g/mol. The second kappa shape index (κ2) is 10.9. The quantitative estimate of drug-likeness (QED) is 0.711. The van der Waals surface area contributed by atoms with E-state index >= 15 is 0 Å². The maximum Gasteiger partial charge on any atom is 0.119 e. The molecule has 26 heavy (non-hydrogen) atoms. The van der Waals surface area contributed by atoms with Crippen molar-refractivity contribution in [1.82, 2.24) is 10.2 Å². The Kier molecular flexibility index (Phi) is 8.24. The van der Waals surface area contributed by atoms with Crippen molar-refractivity contribution in [2.24, 2.45) is 0 Å². The zero-order chi connectivity index (χ0) is 18.0. The molecule has 1 saturated heterocycles. The van der Waals surface area contributed by atoms with Crippen molar-refractivity contribution in [2.75, 3.05) is 33.4 Å². The van der Waals surface area contributed by atoms with Gasteiger partial charge in [-0.25, -0.2) is 0 Å². The van der Waals surface area contributed by atoms with Crippen LogP contribution < -0.4 is 10.1 Å². The van der Waals surface area contributed by atoms with Gasteiger partial charge < -0.3 is 14.8 Å². The van der Waals surface area contributed by atoms with E-state index in [2.05, 4.69) is 41.5 Å². The van der Waals surface area contributed by atoms with E-state index in [1.165, 1.54) is 44.1 Å². The minimum Gasteiger partial charge on any atom is -0.492 e. The van der Waals surface area contributed by atoms with E-state index < -0.39 is 0 Å². The molecule has 1 N–H and O–H groups in total. The Labute approximate surface area is 159 Å². The Morgan fingerprint density at radius 1 is 1.08 bits per heavy atom. The van der Waals surface area contributed by atoms with Crippen molar-refractivity contribution >= 4 is 0 Å². The Bertz CT molecular complexity index is 509. The first-order valence-electron chi connectivity index (χ1n) is 10.5. The van der Waals surface area contributed by atoms with E-state index in [-0.39, 0.29) is 0 Å². The predicted octanol–water partition coefficient (Wildman–Crippen LogP) is 3.99. The van der Waals surface area contributed by atoms with Gasteiger partial charge in [0.1, 0.15) is 12.4 Å². The molecule has 0 bridgehead atoms. The number of benzene rings is 1. The second-order valence-electron chi connectivity index (χ2n) is 7.89. The third-order valence-electron chi connectivity index (χ3n) is 5.88. The van der Waals surface area contributed by atoms with Gasteiger partial charge in [0, 0.05) is 38.4 Å². The number of nitrogens with zero attached hydrogens (tertiary/aromatic N) is 1. The highest BCUT2D eigenvalue weighted by molar-refractivity contribution is 5.28. The smallest absolute Gasteiger partial charge is 0.119 e. The van der Waals surface area contributed by atoms with Crippen LogP contribution >= 0.6 is 0 Å². The second-order valence-corrected chi connectivity index (χ2v) is 7.89. The zero-order valence-corrected chi connectivity index (χ0v) is 16.4. The van der Waals surface area contributed by atoms with Gasteiger partial charge in [0.05, 0.1) is 0 Å². The van der Waals surface area contributed by atoms with Crippen LogP contribution in [0.5, 0.6) is 5.75 Å². The summed E-state index contributed by atoms with van der Waals surface area (Å²) in [6.07, 6.45) is 10.5. The fourth-order valence-electron chi connectivity index (χ4n) is 4.11. The molecular formula is C22H36N2O2. The summed E-state index contributed by atoms with van der Waals surface area (Å²) in [6.45, 7) is 4.45. The van der Waals surface area contributed by atoms with Crippen LogP contribution in [0.15, 0.2) is 24.3 Å². The minimum atomic E-state index is 0.641. The van der Waals surface area contributed by atoms with Crippen LogP contribution in [0.2, 0.25) is 0 Å². The summed E-state index contributed by atoms with van der Waals surface area (Å²) in [5.41, 5.74) is 1.32. The summed E-state index contributed by atoms with van der Waals surface area (Å²) in [6, 6.07) is 9.91. The lowest BCUT2D eigenvalue weighted by Gasteiger charge is -2.31. The van der Waals surface area contributed by atoms with Crippen molar-refractivity contribution < 1.29 is 9.47 Å². The lowest BCUT2D eigenvalue weighted by molar-refractivity contribution is 0.0392. The SMILES string of the molecule is CN(CCOc1cccc(CNC2CCCCCC2)c1)C1CCOCC1. The van der Waals surface area contributed by atoms with Crippen molar-refractivity contribution in [1.29, 1.82) is 0 Å². The van der Waals surface area contributed by atoms with E-state index in [0.29, 0.717) is 12.1 Å². The number of nitrogens with one attached hydrogen (secondary N) is 1. The van der Waals surface area contributed by atoms with Crippen LogP contribution in [0.4, 0.5) is 0 Å². The van der Waals surface area contributed by atoms with E-state index in [0.717, 1.165) is 51.5 Å². The summed E-state index contributed by atoms with van der Waals surface area (Å²) in [7, 11) is 2.20. The van der Waals surface area contributed by atoms with Crippen LogP contribution in [-0.2, 0) is 11.3 Å². The molecule has 2 aliphatic rings. The maximum atomic E-state index is 6.02. The lowest BCUT2D eigenvalue weighted by atomic mass is 10.1. The van der Waals surface area contributed by atoms with Crippen molar-refractivity contribution in [3.05, 3.63) is 29.8 Å². The average Bonchev–Trinajstić information content (AvgIpc) is 2.96. The third kappa shape index (κ3) is 6.57. The first-order valence-corrected chi connectivity index (χ1v) is 10.5. The molecule has 0 radical (unpaired) electrons. The van der Waals surface area contributed by atoms with Gasteiger partial charge in [0.15, 0.2) is 0 Å². The van der Waals surface area contributed by atoms with Crippen LogP contribution in [0.3, 0.4) is 0 Å². The predicted molar refractivity (Wildman–Crippen MR) is 107 cm³/mol. The number of likely N-dealkylation sites (N-methyl/N-ethyl adjacent to an activating group) is 1. The monoisotopic (exact) mass is 360 g/mol. The Balaban J connectivity index is 1.39. The molecule has 0 amide bonds. The number of hydrogen-bond acceptors (Lipinski definition) is 4. The topological polar surface area (TPSA) is 33.7 Å². The Morgan fingerprint density at radius 3 is 2.62 bits per heavy atom. The molecule has 0 unspecified atom stereocenters. The van der Waals surface area contributed by atoms with E-state index in [4.69, 9.17) is 9.47 Å². The molecule has 0 aromatic heterocycles. The highest BCUT2D eigenvalue weighted by Gasteiger charge is 2.18. The molecule has 1 aliphatic carbocycles. The van der Waals surface area contributed by atoms with Crippen molar-refractivity contribution in [3.63, 3.8) is 0 Å². The summed E-state index contributed by atoms with van der Waals surface area (Å²) >= 11 is 0. The molecule has 1 aromatic carbocycles. The van der Waals surface area contributed by atoms with Gasteiger partial charge in [-0.3, -0.25) is 4.90 Å². The number of rotatable bonds is 8. The fourth-order valence-corrected chi connectivity index (χ4v) is 4.11. The van der Waals surface area contributed by atoms with Gasteiger partial charge in [0.25, 0.3) is 0 Å². The zero-order valence-electron chi connectivity index (χ0n) is 16.4. The van der Waals surface area contributed by atoms with Gasteiger partial charge in [-0.15, -0.1) is 0 Å². The molecule has 146 valence electrons. The standard InChI is InChI=1S/C22H36N2O2/c1-24(21-11-14-25-15-12-21)13-16-26-22-10-6-7-19(17-22)18-23-20-8-4-2-3-5-9-20/h6-7,10,17,20-21,23H,2-5,8-9,11-16,18H2,1H3. The minimum absolute atomic E-state index is 0.641. The van der Waals surface area contributed by atoms with Crippen LogP contribution in [0.1, 0.15) is 56.9 Å². The molecule has 3 rings (SSSR count). The first kappa shape index (κ1) is 19.7. The Morgan fingerprint density at radius 2 is 1.85 bits per heavy atom. The molecule has 1 aliphatic heterocycles.